The van der Waals surface area contributed by atoms with Gasteiger partial charge in [-0.2, -0.15) is 4.98 Å². The Balaban J connectivity index is 1.71. The Morgan fingerprint density at radius 2 is 2.17 bits per heavy atom. The highest BCUT2D eigenvalue weighted by atomic mass is 32.1. The van der Waals surface area contributed by atoms with Crippen LogP contribution in [0, 0.1) is 0 Å². The van der Waals surface area contributed by atoms with Crippen LogP contribution >= 0.6 is 11.3 Å². The largest absolute Gasteiger partial charge is 0.461 e. The highest BCUT2D eigenvalue weighted by Crippen LogP contribution is 2.21. The highest BCUT2D eigenvalue weighted by Gasteiger charge is 2.16. The summed E-state index contributed by atoms with van der Waals surface area (Å²) < 4.78 is 4.98. The molecule has 0 amide bonds. The van der Waals surface area contributed by atoms with Crippen LogP contribution in [0.25, 0.3) is 11.0 Å². The number of unbranched alkanes of at least 4 members (excludes halogenated alkanes) is 1. The van der Waals surface area contributed by atoms with Gasteiger partial charge in [0.1, 0.15) is 5.52 Å². The van der Waals surface area contributed by atoms with E-state index in [1.54, 1.807) is 18.5 Å². The van der Waals surface area contributed by atoms with Gasteiger partial charge >= 0.3 is 5.97 Å². The Labute approximate surface area is 173 Å². The van der Waals surface area contributed by atoms with E-state index in [2.05, 4.69) is 37.5 Å². The minimum absolute atomic E-state index is 0.0735. The van der Waals surface area contributed by atoms with E-state index in [0.29, 0.717) is 40.8 Å². The number of pyridine rings is 1. The molecule has 154 valence electrons. The van der Waals surface area contributed by atoms with Crippen molar-refractivity contribution >= 4 is 45.2 Å². The number of thiazole rings is 1. The van der Waals surface area contributed by atoms with E-state index in [0.717, 1.165) is 19.3 Å². The van der Waals surface area contributed by atoms with Crippen LogP contribution in [0.5, 0.6) is 0 Å². The van der Waals surface area contributed by atoms with E-state index < -0.39 is 5.97 Å². The van der Waals surface area contributed by atoms with E-state index in [4.69, 9.17) is 10.5 Å². The fourth-order valence-electron chi connectivity index (χ4n) is 2.82. The minimum Gasteiger partial charge on any atom is -0.461 e. The van der Waals surface area contributed by atoms with Crippen LogP contribution in [0.2, 0.25) is 0 Å². The Hall–Kier alpha value is -3.01. The van der Waals surface area contributed by atoms with Crippen molar-refractivity contribution in [1.82, 2.24) is 19.9 Å². The number of hydrogen-bond acceptors (Lipinski definition) is 10. The van der Waals surface area contributed by atoms with Gasteiger partial charge in [0.2, 0.25) is 5.95 Å². The van der Waals surface area contributed by atoms with Gasteiger partial charge in [-0.05, 0) is 25.5 Å². The van der Waals surface area contributed by atoms with Crippen molar-refractivity contribution in [3.05, 3.63) is 29.4 Å². The predicted molar refractivity (Wildman–Crippen MR) is 115 cm³/mol. The number of nitrogens with one attached hydrogen (secondary N) is 2. The second-order valence-electron chi connectivity index (χ2n) is 6.42. The molecule has 0 aliphatic heterocycles. The van der Waals surface area contributed by atoms with E-state index >= 15 is 0 Å². The van der Waals surface area contributed by atoms with Crippen molar-refractivity contribution in [1.29, 1.82) is 0 Å². The second-order valence-corrected chi connectivity index (χ2v) is 7.28. The molecular formula is C19H25N7O2S. The first-order valence-electron chi connectivity index (χ1n) is 9.62. The van der Waals surface area contributed by atoms with Crippen molar-refractivity contribution in [3.63, 3.8) is 0 Å². The zero-order chi connectivity index (χ0) is 20.6. The molecule has 0 radical (unpaired) electrons. The van der Waals surface area contributed by atoms with E-state index in [9.17, 15) is 4.79 Å². The summed E-state index contributed by atoms with van der Waals surface area (Å²) in [7, 11) is 0. The van der Waals surface area contributed by atoms with Gasteiger partial charge < -0.3 is 21.1 Å². The molecule has 0 bridgehead atoms. The lowest BCUT2D eigenvalue weighted by Gasteiger charge is -2.20. The first-order valence-corrected chi connectivity index (χ1v) is 10.5. The van der Waals surface area contributed by atoms with Gasteiger partial charge in [-0.1, -0.05) is 19.8 Å². The van der Waals surface area contributed by atoms with Crippen LogP contribution < -0.4 is 16.4 Å². The fourth-order valence-corrected chi connectivity index (χ4v) is 3.51. The molecule has 29 heavy (non-hydrogen) atoms. The van der Waals surface area contributed by atoms with Crippen LogP contribution in [-0.4, -0.2) is 45.1 Å². The number of anilines is 3. The average Bonchev–Trinajstić information content (AvgIpc) is 3.19. The standard InChI is InChI=1S/C19H25N7O2S/c1-3-5-7-12(10-22-19-25-14(11-29-19)17(27)28-4-2)23-16-15-13(8-6-9-21-15)24-18(20)26-16/h6,8-9,11-12H,3-5,7,10H2,1-2H3,(H,22,25)(H3,20,23,24,26). The smallest absolute Gasteiger partial charge is 0.357 e. The Bertz CT molecular complexity index is 963. The molecule has 0 saturated carbocycles. The van der Waals surface area contributed by atoms with Gasteiger partial charge in [0.05, 0.1) is 12.1 Å². The zero-order valence-corrected chi connectivity index (χ0v) is 17.3. The topological polar surface area (TPSA) is 128 Å². The Morgan fingerprint density at radius 1 is 1.31 bits per heavy atom. The molecule has 1 atom stereocenters. The molecular weight excluding hydrogens is 390 g/mol. The average molecular weight is 416 g/mol. The van der Waals surface area contributed by atoms with Gasteiger partial charge in [-0.3, -0.25) is 4.98 Å². The number of nitrogens with two attached hydrogens (primary N) is 1. The van der Waals surface area contributed by atoms with Gasteiger partial charge in [-0.15, -0.1) is 11.3 Å². The molecule has 3 aromatic rings. The van der Waals surface area contributed by atoms with Crippen molar-refractivity contribution in [2.45, 2.75) is 39.2 Å². The van der Waals surface area contributed by atoms with Crippen molar-refractivity contribution in [3.8, 4) is 0 Å². The molecule has 10 heteroatoms. The van der Waals surface area contributed by atoms with Gasteiger partial charge in [0, 0.05) is 24.2 Å². The first-order chi connectivity index (χ1) is 14.1. The third kappa shape index (κ3) is 5.50. The van der Waals surface area contributed by atoms with Crippen molar-refractivity contribution in [2.24, 2.45) is 0 Å². The summed E-state index contributed by atoms with van der Waals surface area (Å²) in [4.78, 5) is 29.0. The summed E-state index contributed by atoms with van der Waals surface area (Å²) in [6.45, 7) is 4.85. The van der Waals surface area contributed by atoms with Crippen LogP contribution in [-0.2, 0) is 4.74 Å². The summed E-state index contributed by atoms with van der Waals surface area (Å²) in [6.07, 6.45) is 4.77. The lowest BCUT2D eigenvalue weighted by molar-refractivity contribution is 0.0520. The summed E-state index contributed by atoms with van der Waals surface area (Å²) in [5.41, 5.74) is 7.56. The quantitative estimate of drug-likeness (QED) is 0.427. The number of esters is 1. The van der Waals surface area contributed by atoms with Crippen LogP contribution in [0.4, 0.5) is 16.9 Å². The molecule has 3 rings (SSSR count). The minimum atomic E-state index is -0.411. The molecule has 0 aromatic carbocycles. The van der Waals surface area contributed by atoms with Crippen molar-refractivity contribution in [2.75, 3.05) is 29.5 Å². The molecule has 0 saturated heterocycles. The maximum absolute atomic E-state index is 11.8. The lowest BCUT2D eigenvalue weighted by atomic mass is 10.1. The molecule has 4 N–H and O–H groups in total. The number of ether oxygens (including phenoxy) is 1. The number of carbonyl (C=O) groups excluding carboxylic acids is 1. The number of rotatable bonds is 10. The lowest BCUT2D eigenvalue weighted by Crippen LogP contribution is -2.29. The number of nitrogens with zero attached hydrogens (tertiary/aromatic N) is 4. The molecule has 0 aliphatic rings. The normalized spacial score (nSPS) is 11.9. The van der Waals surface area contributed by atoms with Crippen LogP contribution in [0.15, 0.2) is 23.7 Å². The summed E-state index contributed by atoms with van der Waals surface area (Å²) >= 11 is 1.37. The molecule has 0 aliphatic carbocycles. The molecule has 0 fully saturated rings. The molecule has 3 aromatic heterocycles. The second kappa shape index (κ2) is 9.97. The zero-order valence-electron chi connectivity index (χ0n) is 16.5. The molecule has 1 unspecified atom stereocenters. The van der Waals surface area contributed by atoms with Crippen molar-refractivity contribution < 1.29 is 9.53 Å². The van der Waals surface area contributed by atoms with Gasteiger partial charge in [0.15, 0.2) is 16.6 Å². The monoisotopic (exact) mass is 415 g/mol. The number of hydrogen-bond donors (Lipinski definition) is 3. The van der Waals surface area contributed by atoms with E-state index in [-0.39, 0.29) is 12.0 Å². The molecule has 9 nitrogen and oxygen atoms in total. The van der Waals surface area contributed by atoms with E-state index in [1.165, 1.54) is 11.3 Å². The van der Waals surface area contributed by atoms with Gasteiger partial charge in [0.25, 0.3) is 0 Å². The number of aromatic nitrogens is 4. The van der Waals surface area contributed by atoms with Crippen LogP contribution in [0.3, 0.4) is 0 Å². The third-order valence-corrected chi connectivity index (χ3v) is 5.01. The Morgan fingerprint density at radius 3 is 2.97 bits per heavy atom. The molecule has 0 spiro atoms. The SMILES string of the molecule is CCCCC(CNc1nc(C(=O)OCC)cs1)Nc1nc(N)nc2cccnc12. The first kappa shape index (κ1) is 20.7. The third-order valence-electron chi connectivity index (χ3n) is 4.21. The summed E-state index contributed by atoms with van der Waals surface area (Å²) in [5.74, 6) is 0.406. The van der Waals surface area contributed by atoms with E-state index in [1.807, 2.05) is 12.1 Å². The fraction of sp³-hybridized carbons (Fsp3) is 0.421. The predicted octanol–water partition coefficient (Wildman–Crippen LogP) is 3.32. The number of fused-ring (bicyclic) bond motifs is 1. The number of carbonyl (C=O) groups is 1. The summed E-state index contributed by atoms with van der Waals surface area (Å²) in [5, 5.41) is 9.10. The highest BCUT2D eigenvalue weighted by molar-refractivity contribution is 7.13. The summed E-state index contributed by atoms with van der Waals surface area (Å²) in [6, 6.07) is 3.75. The van der Waals surface area contributed by atoms with Crippen LogP contribution in [0.1, 0.15) is 43.6 Å². The van der Waals surface area contributed by atoms with Gasteiger partial charge in [-0.25, -0.2) is 14.8 Å². The maximum Gasteiger partial charge on any atom is 0.357 e. The Kier molecular flexibility index (Phi) is 7.12. The molecule has 3 heterocycles. The number of nitrogen functional groups attached to an aromatic ring is 1. The maximum atomic E-state index is 11.8.